The Morgan fingerprint density at radius 2 is 1.78 bits per heavy atom. The molecular formula is C19H30FN3O3S. The Kier molecular flexibility index (Phi) is 8.04. The maximum absolute atomic E-state index is 13.2. The average molecular weight is 400 g/mol. The molecule has 0 aromatic heterocycles. The molecule has 0 spiro atoms. The minimum Gasteiger partial charge on any atom is -0.353 e. The fourth-order valence-electron chi connectivity index (χ4n) is 3.46. The second-order valence-corrected chi connectivity index (χ2v) is 8.87. The lowest BCUT2D eigenvalue weighted by atomic mass is 10.2. The van der Waals surface area contributed by atoms with E-state index < -0.39 is 21.9 Å². The second kappa shape index (κ2) is 10.0. The quantitative estimate of drug-likeness (QED) is 0.729. The van der Waals surface area contributed by atoms with Crippen LogP contribution in [-0.4, -0.2) is 57.7 Å². The van der Waals surface area contributed by atoms with Crippen LogP contribution in [0.15, 0.2) is 24.3 Å². The third kappa shape index (κ3) is 6.46. The van der Waals surface area contributed by atoms with Gasteiger partial charge in [-0.1, -0.05) is 19.8 Å². The maximum Gasteiger partial charge on any atom is 0.243 e. The highest BCUT2D eigenvalue weighted by Gasteiger charge is 2.31. The van der Waals surface area contributed by atoms with E-state index in [4.69, 9.17) is 0 Å². The number of halogens is 1. The number of anilines is 1. The van der Waals surface area contributed by atoms with E-state index in [0.29, 0.717) is 13.0 Å². The fraction of sp³-hybridized carbons (Fsp3) is 0.632. The highest BCUT2D eigenvalue weighted by Crippen LogP contribution is 2.22. The van der Waals surface area contributed by atoms with Crippen LogP contribution in [0.25, 0.3) is 0 Å². The van der Waals surface area contributed by atoms with Crippen molar-refractivity contribution in [3.05, 3.63) is 30.1 Å². The van der Waals surface area contributed by atoms with Gasteiger partial charge in [-0.3, -0.25) is 9.10 Å². The summed E-state index contributed by atoms with van der Waals surface area (Å²) in [5, 5.41) is 2.87. The minimum atomic E-state index is -3.70. The molecule has 1 amide bonds. The van der Waals surface area contributed by atoms with Gasteiger partial charge in [0.15, 0.2) is 0 Å². The smallest absolute Gasteiger partial charge is 0.243 e. The van der Waals surface area contributed by atoms with E-state index in [-0.39, 0.29) is 11.6 Å². The maximum atomic E-state index is 13.2. The molecule has 27 heavy (non-hydrogen) atoms. The summed E-state index contributed by atoms with van der Waals surface area (Å²) in [6.07, 6.45) is 6.24. The zero-order valence-electron chi connectivity index (χ0n) is 16.2. The zero-order chi connectivity index (χ0) is 19.9. The number of hydrogen-bond donors (Lipinski definition) is 1. The normalized spacial score (nSPS) is 17.1. The number of benzene rings is 1. The van der Waals surface area contributed by atoms with E-state index in [1.54, 1.807) is 6.92 Å². The summed E-state index contributed by atoms with van der Waals surface area (Å²) in [6.45, 7) is 5.09. The molecule has 0 unspecified atom stereocenters. The van der Waals surface area contributed by atoms with Gasteiger partial charge >= 0.3 is 0 Å². The highest BCUT2D eigenvalue weighted by molar-refractivity contribution is 7.92. The van der Waals surface area contributed by atoms with Crippen molar-refractivity contribution in [2.75, 3.05) is 36.7 Å². The van der Waals surface area contributed by atoms with Crippen molar-refractivity contribution in [1.29, 1.82) is 0 Å². The van der Waals surface area contributed by atoms with Crippen LogP contribution in [0, 0.1) is 5.82 Å². The van der Waals surface area contributed by atoms with Crippen molar-refractivity contribution in [2.24, 2.45) is 0 Å². The van der Waals surface area contributed by atoms with Crippen LogP contribution in [0.3, 0.4) is 0 Å². The van der Waals surface area contributed by atoms with Crippen LogP contribution in [0.5, 0.6) is 0 Å². The van der Waals surface area contributed by atoms with Gasteiger partial charge in [0.2, 0.25) is 15.9 Å². The van der Waals surface area contributed by atoms with Gasteiger partial charge in [0.05, 0.1) is 11.9 Å². The average Bonchev–Trinajstić information content (AvgIpc) is 2.88. The number of likely N-dealkylation sites (tertiary alicyclic amines) is 1. The SMILES string of the molecule is CC[C@H](C(=O)NCCN1CCCCCC1)N(c1ccc(F)cc1)S(C)(=O)=O. The zero-order valence-corrected chi connectivity index (χ0v) is 17.0. The van der Waals surface area contributed by atoms with Crippen LogP contribution < -0.4 is 9.62 Å². The molecule has 1 aromatic rings. The second-order valence-electron chi connectivity index (χ2n) is 7.01. The predicted molar refractivity (Wildman–Crippen MR) is 106 cm³/mol. The third-order valence-electron chi connectivity index (χ3n) is 4.84. The topological polar surface area (TPSA) is 69.7 Å². The minimum absolute atomic E-state index is 0.286. The molecule has 1 saturated heterocycles. The van der Waals surface area contributed by atoms with E-state index >= 15 is 0 Å². The van der Waals surface area contributed by atoms with Crippen molar-refractivity contribution in [1.82, 2.24) is 10.2 Å². The van der Waals surface area contributed by atoms with Gasteiger partial charge in [-0.2, -0.15) is 0 Å². The Bertz CT molecular complexity index is 701. The molecule has 0 aliphatic carbocycles. The Morgan fingerprint density at radius 3 is 2.30 bits per heavy atom. The molecule has 1 aliphatic heterocycles. The fourth-order valence-corrected chi connectivity index (χ4v) is 4.67. The molecule has 1 aliphatic rings. The van der Waals surface area contributed by atoms with Gasteiger partial charge in [-0.05, 0) is 56.6 Å². The van der Waals surface area contributed by atoms with Crippen LogP contribution in [0.4, 0.5) is 10.1 Å². The van der Waals surface area contributed by atoms with Crippen molar-refractivity contribution in [3.8, 4) is 0 Å². The van der Waals surface area contributed by atoms with Crippen molar-refractivity contribution >= 4 is 21.6 Å². The van der Waals surface area contributed by atoms with Gasteiger partial charge in [-0.15, -0.1) is 0 Å². The van der Waals surface area contributed by atoms with Gasteiger partial charge in [0.1, 0.15) is 11.9 Å². The first kappa shape index (κ1) is 21.6. The molecule has 0 saturated carbocycles. The largest absolute Gasteiger partial charge is 0.353 e. The number of hydrogen-bond acceptors (Lipinski definition) is 4. The Balaban J connectivity index is 2.04. The Morgan fingerprint density at radius 1 is 1.19 bits per heavy atom. The van der Waals surface area contributed by atoms with Crippen molar-refractivity contribution in [2.45, 2.75) is 45.1 Å². The number of carbonyl (C=O) groups is 1. The highest BCUT2D eigenvalue weighted by atomic mass is 32.2. The molecular weight excluding hydrogens is 369 g/mol. The standard InChI is InChI=1S/C19H30FN3O3S/c1-3-18(19(24)21-12-15-22-13-6-4-5-7-14-22)23(27(2,25)26)17-10-8-16(20)9-11-17/h8-11,18H,3-7,12-15H2,1-2H3,(H,21,24)/t18-/m1/s1. The molecule has 152 valence electrons. The number of amides is 1. The molecule has 1 fully saturated rings. The van der Waals surface area contributed by atoms with E-state index in [9.17, 15) is 17.6 Å². The lowest BCUT2D eigenvalue weighted by molar-refractivity contribution is -0.122. The molecule has 1 N–H and O–H groups in total. The summed E-state index contributed by atoms with van der Waals surface area (Å²) in [5.74, 6) is -0.788. The first-order chi connectivity index (χ1) is 12.8. The van der Waals surface area contributed by atoms with Crippen molar-refractivity contribution in [3.63, 3.8) is 0 Å². The van der Waals surface area contributed by atoms with Crippen LogP contribution >= 0.6 is 0 Å². The summed E-state index contributed by atoms with van der Waals surface area (Å²) in [5.41, 5.74) is 0.286. The Hall–Kier alpha value is -1.67. The number of nitrogens with one attached hydrogen (secondary N) is 1. The summed E-state index contributed by atoms with van der Waals surface area (Å²) in [7, 11) is -3.70. The number of nitrogens with zero attached hydrogens (tertiary/aromatic N) is 2. The van der Waals surface area contributed by atoms with Gasteiger partial charge in [-0.25, -0.2) is 12.8 Å². The molecule has 1 aromatic carbocycles. The van der Waals surface area contributed by atoms with Gasteiger partial charge in [0.25, 0.3) is 0 Å². The lowest BCUT2D eigenvalue weighted by Crippen LogP contribution is -2.50. The Labute approximate surface area is 161 Å². The number of sulfonamides is 1. The van der Waals surface area contributed by atoms with E-state index in [0.717, 1.165) is 30.2 Å². The van der Waals surface area contributed by atoms with E-state index in [1.165, 1.54) is 49.9 Å². The molecule has 0 bridgehead atoms. The molecule has 2 rings (SSSR count). The van der Waals surface area contributed by atoms with Gasteiger partial charge < -0.3 is 10.2 Å². The van der Waals surface area contributed by atoms with Crippen LogP contribution in [0.2, 0.25) is 0 Å². The summed E-state index contributed by atoms with van der Waals surface area (Å²) in [4.78, 5) is 15.0. The summed E-state index contributed by atoms with van der Waals surface area (Å²) < 4.78 is 38.9. The molecule has 6 nitrogen and oxygen atoms in total. The van der Waals surface area contributed by atoms with Gasteiger partial charge in [0, 0.05) is 13.1 Å². The monoisotopic (exact) mass is 399 g/mol. The molecule has 0 radical (unpaired) electrons. The van der Waals surface area contributed by atoms with E-state index in [2.05, 4.69) is 10.2 Å². The molecule has 1 atom stereocenters. The van der Waals surface area contributed by atoms with Crippen molar-refractivity contribution < 1.29 is 17.6 Å². The lowest BCUT2D eigenvalue weighted by Gasteiger charge is -2.30. The first-order valence-electron chi connectivity index (χ1n) is 9.58. The van der Waals surface area contributed by atoms with E-state index in [1.807, 2.05) is 0 Å². The molecule has 1 heterocycles. The number of carbonyl (C=O) groups excluding carboxylic acids is 1. The summed E-state index contributed by atoms with van der Waals surface area (Å²) in [6, 6.07) is 4.27. The third-order valence-corrected chi connectivity index (χ3v) is 6.02. The summed E-state index contributed by atoms with van der Waals surface area (Å²) >= 11 is 0. The first-order valence-corrected chi connectivity index (χ1v) is 11.4. The molecule has 8 heteroatoms. The van der Waals surface area contributed by atoms with Crippen LogP contribution in [0.1, 0.15) is 39.0 Å². The van der Waals surface area contributed by atoms with Crippen LogP contribution in [-0.2, 0) is 14.8 Å². The predicted octanol–water partition coefficient (Wildman–Crippen LogP) is 2.36. The number of rotatable bonds is 8.